The molecule has 1 spiro atoms. The van der Waals surface area contributed by atoms with Crippen molar-refractivity contribution in [3.8, 4) is 0 Å². The van der Waals surface area contributed by atoms with E-state index in [0.29, 0.717) is 6.61 Å². The Balaban J connectivity index is 1.74. The van der Waals surface area contributed by atoms with Crippen molar-refractivity contribution >= 4 is 5.97 Å². The second kappa shape index (κ2) is 4.52. The molecular weight excluding hydrogens is 192 g/mol. The molecule has 2 unspecified atom stereocenters. The second-order valence-corrected chi connectivity index (χ2v) is 4.65. The van der Waals surface area contributed by atoms with Gasteiger partial charge in [-0.2, -0.15) is 0 Å². The zero-order valence-electron chi connectivity index (χ0n) is 9.46. The number of esters is 1. The van der Waals surface area contributed by atoms with Crippen molar-refractivity contribution in [1.29, 1.82) is 0 Å². The van der Waals surface area contributed by atoms with Gasteiger partial charge in [0, 0.05) is 6.61 Å². The third-order valence-electron chi connectivity index (χ3n) is 3.44. The third-order valence-corrected chi connectivity index (χ3v) is 3.44. The minimum atomic E-state index is -0.110. The molecule has 15 heavy (non-hydrogen) atoms. The van der Waals surface area contributed by atoms with E-state index >= 15 is 0 Å². The van der Waals surface area contributed by atoms with Crippen molar-refractivity contribution < 1.29 is 14.3 Å². The molecule has 0 aromatic heterocycles. The Morgan fingerprint density at radius 3 is 3.07 bits per heavy atom. The SMILES string of the molecule is CCCCOC(=O)C1CC12CCCCO2. The van der Waals surface area contributed by atoms with Crippen molar-refractivity contribution in [3.63, 3.8) is 0 Å². The summed E-state index contributed by atoms with van der Waals surface area (Å²) in [5.74, 6) is 0.00000567. The lowest BCUT2D eigenvalue weighted by Gasteiger charge is -2.22. The largest absolute Gasteiger partial charge is 0.465 e. The van der Waals surface area contributed by atoms with Crippen LogP contribution in [0.1, 0.15) is 45.4 Å². The molecule has 1 aliphatic heterocycles. The molecule has 1 heterocycles. The number of rotatable bonds is 4. The molecule has 0 amide bonds. The molecule has 3 nitrogen and oxygen atoms in total. The molecule has 1 aliphatic carbocycles. The Hall–Kier alpha value is -0.570. The molecule has 0 radical (unpaired) electrons. The lowest BCUT2D eigenvalue weighted by molar-refractivity contribution is -0.148. The molecular formula is C12H20O3. The van der Waals surface area contributed by atoms with Crippen LogP contribution in [0, 0.1) is 5.92 Å². The van der Waals surface area contributed by atoms with Gasteiger partial charge in [0.1, 0.15) is 0 Å². The van der Waals surface area contributed by atoms with E-state index in [-0.39, 0.29) is 17.5 Å². The molecule has 2 rings (SSSR count). The van der Waals surface area contributed by atoms with E-state index in [1.807, 2.05) is 0 Å². The number of hydrogen-bond acceptors (Lipinski definition) is 3. The lowest BCUT2D eigenvalue weighted by Crippen LogP contribution is -2.26. The van der Waals surface area contributed by atoms with E-state index in [2.05, 4.69) is 6.92 Å². The van der Waals surface area contributed by atoms with Crippen LogP contribution in [0.25, 0.3) is 0 Å². The Morgan fingerprint density at radius 2 is 2.40 bits per heavy atom. The first-order valence-electron chi connectivity index (χ1n) is 6.09. The van der Waals surface area contributed by atoms with Crippen LogP contribution < -0.4 is 0 Å². The first kappa shape index (κ1) is 10.9. The van der Waals surface area contributed by atoms with Crippen LogP contribution >= 0.6 is 0 Å². The topological polar surface area (TPSA) is 35.5 Å². The summed E-state index contributed by atoms with van der Waals surface area (Å²) in [6.45, 7) is 3.48. The van der Waals surface area contributed by atoms with E-state index in [0.717, 1.165) is 38.7 Å². The van der Waals surface area contributed by atoms with Gasteiger partial charge in [0.05, 0.1) is 18.1 Å². The summed E-state index contributed by atoms with van der Waals surface area (Å²) in [6.07, 6.45) is 6.29. The summed E-state index contributed by atoms with van der Waals surface area (Å²) in [5.41, 5.74) is -0.110. The molecule has 2 fully saturated rings. The predicted molar refractivity (Wildman–Crippen MR) is 56.5 cm³/mol. The van der Waals surface area contributed by atoms with Gasteiger partial charge in [-0.3, -0.25) is 4.79 Å². The highest BCUT2D eigenvalue weighted by molar-refractivity contribution is 5.77. The van der Waals surface area contributed by atoms with Gasteiger partial charge < -0.3 is 9.47 Å². The van der Waals surface area contributed by atoms with Crippen LogP contribution in [0.4, 0.5) is 0 Å². The number of carbonyl (C=O) groups is 1. The van der Waals surface area contributed by atoms with Gasteiger partial charge in [-0.1, -0.05) is 13.3 Å². The van der Waals surface area contributed by atoms with Gasteiger partial charge in [-0.15, -0.1) is 0 Å². The standard InChI is InChI=1S/C12H20O3/c1-2-3-7-14-11(13)10-9-12(10)6-4-5-8-15-12/h10H,2-9H2,1H3. The summed E-state index contributed by atoms with van der Waals surface area (Å²) in [6, 6.07) is 0. The lowest BCUT2D eigenvalue weighted by atomic mass is 10.1. The highest BCUT2D eigenvalue weighted by Crippen LogP contribution is 2.52. The van der Waals surface area contributed by atoms with Gasteiger partial charge in [-0.25, -0.2) is 0 Å². The Bertz CT molecular complexity index is 231. The zero-order valence-corrected chi connectivity index (χ0v) is 9.46. The van der Waals surface area contributed by atoms with Crippen LogP contribution in [0.2, 0.25) is 0 Å². The van der Waals surface area contributed by atoms with Crippen molar-refractivity contribution in [2.75, 3.05) is 13.2 Å². The Kier molecular flexibility index (Phi) is 3.29. The van der Waals surface area contributed by atoms with Crippen molar-refractivity contribution in [2.45, 2.75) is 51.0 Å². The van der Waals surface area contributed by atoms with Crippen LogP contribution in [0.3, 0.4) is 0 Å². The van der Waals surface area contributed by atoms with E-state index < -0.39 is 0 Å². The number of unbranched alkanes of at least 4 members (excludes halogenated alkanes) is 1. The predicted octanol–water partition coefficient (Wildman–Crippen LogP) is 2.29. The van der Waals surface area contributed by atoms with Crippen LogP contribution in [-0.4, -0.2) is 24.8 Å². The summed E-state index contributed by atoms with van der Waals surface area (Å²) in [7, 11) is 0. The molecule has 0 aromatic carbocycles. The first-order chi connectivity index (χ1) is 7.28. The summed E-state index contributed by atoms with van der Waals surface area (Å²) < 4.78 is 10.9. The van der Waals surface area contributed by atoms with E-state index in [9.17, 15) is 4.79 Å². The molecule has 2 aliphatic rings. The summed E-state index contributed by atoms with van der Waals surface area (Å²) >= 11 is 0. The number of hydrogen-bond donors (Lipinski definition) is 0. The van der Waals surface area contributed by atoms with Gasteiger partial charge in [0.25, 0.3) is 0 Å². The van der Waals surface area contributed by atoms with E-state index in [1.54, 1.807) is 0 Å². The van der Waals surface area contributed by atoms with Gasteiger partial charge in [0.15, 0.2) is 0 Å². The summed E-state index contributed by atoms with van der Waals surface area (Å²) in [5, 5.41) is 0. The molecule has 3 heteroatoms. The Labute approximate surface area is 91.1 Å². The van der Waals surface area contributed by atoms with Gasteiger partial charge in [0.2, 0.25) is 0 Å². The van der Waals surface area contributed by atoms with Gasteiger partial charge in [-0.05, 0) is 32.1 Å². The van der Waals surface area contributed by atoms with Crippen LogP contribution in [0.15, 0.2) is 0 Å². The molecule has 1 saturated heterocycles. The highest BCUT2D eigenvalue weighted by atomic mass is 16.5. The fourth-order valence-electron chi connectivity index (χ4n) is 2.31. The third kappa shape index (κ3) is 2.33. The monoisotopic (exact) mass is 212 g/mol. The van der Waals surface area contributed by atoms with Gasteiger partial charge >= 0.3 is 5.97 Å². The smallest absolute Gasteiger partial charge is 0.311 e. The molecule has 0 aromatic rings. The fourth-order valence-corrected chi connectivity index (χ4v) is 2.31. The average molecular weight is 212 g/mol. The summed E-state index contributed by atoms with van der Waals surface area (Å²) in [4.78, 5) is 11.7. The maximum absolute atomic E-state index is 11.7. The molecule has 0 N–H and O–H groups in total. The molecule has 86 valence electrons. The van der Waals surface area contributed by atoms with Crippen LogP contribution in [-0.2, 0) is 14.3 Å². The van der Waals surface area contributed by atoms with E-state index in [1.165, 1.54) is 6.42 Å². The van der Waals surface area contributed by atoms with Crippen molar-refractivity contribution in [3.05, 3.63) is 0 Å². The molecule has 0 bridgehead atoms. The average Bonchev–Trinajstić information content (AvgIpc) is 2.94. The zero-order chi connectivity index (χ0) is 10.7. The first-order valence-corrected chi connectivity index (χ1v) is 6.09. The highest BCUT2D eigenvalue weighted by Gasteiger charge is 2.60. The minimum Gasteiger partial charge on any atom is -0.465 e. The van der Waals surface area contributed by atoms with Crippen LogP contribution in [0.5, 0.6) is 0 Å². The molecule has 2 atom stereocenters. The number of ether oxygens (including phenoxy) is 2. The maximum Gasteiger partial charge on any atom is 0.311 e. The fraction of sp³-hybridized carbons (Fsp3) is 0.917. The normalized spacial score (nSPS) is 34.1. The maximum atomic E-state index is 11.7. The van der Waals surface area contributed by atoms with Crippen molar-refractivity contribution in [1.82, 2.24) is 0 Å². The number of carbonyl (C=O) groups excluding carboxylic acids is 1. The quantitative estimate of drug-likeness (QED) is 0.530. The Morgan fingerprint density at radius 1 is 1.53 bits per heavy atom. The van der Waals surface area contributed by atoms with E-state index in [4.69, 9.17) is 9.47 Å². The molecule has 1 saturated carbocycles. The minimum absolute atomic E-state index is 0.0367. The van der Waals surface area contributed by atoms with Crippen molar-refractivity contribution in [2.24, 2.45) is 5.92 Å². The second-order valence-electron chi connectivity index (χ2n) is 4.65.